The number of pyridine rings is 1. The normalized spacial score (nSPS) is 18.9. The molecule has 0 unspecified atom stereocenters. The maximum atomic E-state index is 18.5. The molecule has 12 rings (SSSR count). The Balaban J connectivity index is 1.01. The largest absolute Gasteiger partial charge is 0.497 e. The highest BCUT2D eigenvalue weighted by atomic mass is 19.4. The van der Waals surface area contributed by atoms with Crippen LogP contribution in [0.3, 0.4) is 0 Å². The molecule has 3 aliphatic heterocycles. The number of ether oxygens (including phenoxy) is 6. The predicted octanol–water partition coefficient (Wildman–Crippen LogP) is 13.1. The van der Waals surface area contributed by atoms with E-state index in [0.717, 1.165) is 23.6 Å². The molecule has 1 aliphatic carbocycles. The summed E-state index contributed by atoms with van der Waals surface area (Å²) in [6.45, 7) is 4.19. The van der Waals surface area contributed by atoms with E-state index in [0.29, 0.717) is 71.7 Å². The molecule has 0 N–H and O–H groups in total. The fourth-order valence-corrected chi connectivity index (χ4v) is 12.9. The predicted molar refractivity (Wildman–Crippen MR) is 313 cm³/mol. The van der Waals surface area contributed by atoms with Crippen molar-refractivity contribution in [1.29, 1.82) is 0 Å². The third-order valence-corrected chi connectivity index (χ3v) is 17.4. The van der Waals surface area contributed by atoms with Gasteiger partial charge in [-0.25, -0.2) is 27.5 Å². The second-order valence-corrected chi connectivity index (χ2v) is 22.9. The van der Waals surface area contributed by atoms with Crippen LogP contribution in [0.4, 0.5) is 48.1 Å². The van der Waals surface area contributed by atoms with Gasteiger partial charge in [0.1, 0.15) is 64.3 Å². The topological polar surface area (TPSA) is 133 Å². The minimum atomic E-state index is -5.24. The number of rotatable bonds is 20. The third-order valence-electron chi connectivity index (χ3n) is 17.4. The van der Waals surface area contributed by atoms with Crippen molar-refractivity contribution in [2.75, 3.05) is 76.0 Å². The van der Waals surface area contributed by atoms with Gasteiger partial charge in [-0.05, 0) is 122 Å². The van der Waals surface area contributed by atoms with Gasteiger partial charge >= 0.3 is 12.2 Å². The number of anilines is 3. The fraction of sp³-hybridized carbons (Fsp3) is 0.369. The lowest BCUT2D eigenvalue weighted by molar-refractivity contribution is -0.137. The Bertz CT molecular complexity index is 3730. The van der Waals surface area contributed by atoms with Gasteiger partial charge < -0.3 is 43.1 Å². The Morgan fingerprint density at radius 3 is 1.72 bits per heavy atom. The van der Waals surface area contributed by atoms with Crippen molar-refractivity contribution >= 4 is 28.2 Å². The lowest BCUT2D eigenvalue weighted by atomic mass is 9.89. The zero-order chi connectivity index (χ0) is 61.0. The standard InChI is InChI=1S/C65H64F7N9O6/c1-39-30-49(78(31-41-8-16-45(82-3)17-9-41)32-42-10-18-46(83-4)19-11-42)53(66)50(52(39)65(70,71)72)56-54(67)57-51-58(77-61(76-57)87-38-63-24-7-27-80(63)37-62(35-63)36-64(62,68)69)81(28-29-86-60(51)75-56)40(2)55-59(74-26-25-73-55)79(33-43-12-20-47(84-5)21-13-43)34-44-14-22-48(85-6)23-15-44/h8-23,25-26,30,40H,7,24,27-29,31-38H2,1-6H3/t40-,62-,63+/m1/s1. The number of aryl methyl sites for hydroxylation is 1. The van der Waals surface area contributed by atoms with Crippen LogP contribution in [0.2, 0.25) is 0 Å². The van der Waals surface area contributed by atoms with E-state index in [-0.39, 0.29) is 75.0 Å². The minimum Gasteiger partial charge on any atom is -0.497 e. The first-order valence-electron chi connectivity index (χ1n) is 28.6. The molecule has 6 heterocycles. The maximum Gasteiger partial charge on any atom is 0.417 e. The van der Waals surface area contributed by atoms with Crippen LogP contribution in [0.5, 0.6) is 34.9 Å². The Morgan fingerprint density at radius 2 is 1.21 bits per heavy atom. The van der Waals surface area contributed by atoms with Crippen LogP contribution in [0.1, 0.15) is 77.7 Å². The van der Waals surface area contributed by atoms with E-state index in [1.807, 2.05) is 60.4 Å². The fourth-order valence-electron chi connectivity index (χ4n) is 12.9. The quantitative estimate of drug-likeness (QED) is 0.0670. The van der Waals surface area contributed by atoms with E-state index in [2.05, 4.69) is 14.9 Å². The van der Waals surface area contributed by atoms with E-state index in [1.54, 1.807) is 84.9 Å². The highest BCUT2D eigenvalue weighted by molar-refractivity contribution is 5.97. The Labute approximate surface area is 498 Å². The van der Waals surface area contributed by atoms with Crippen molar-refractivity contribution in [2.45, 2.75) is 89.4 Å². The van der Waals surface area contributed by atoms with Crippen LogP contribution < -0.4 is 43.1 Å². The van der Waals surface area contributed by atoms with Crippen LogP contribution in [0.15, 0.2) is 116 Å². The van der Waals surface area contributed by atoms with E-state index in [9.17, 15) is 0 Å². The number of methoxy groups -OCH3 is 4. The van der Waals surface area contributed by atoms with Crippen LogP contribution >= 0.6 is 0 Å². The summed E-state index contributed by atoms with van der Waals surface area (Å²) < 4.78 is 149. The van der Waals surface area contributed by atoms with Crippen LogP contribution in [0.25, 0.3) is 22.2 Å². The third kappa shape index (κ3) is 11.3. The van der Waals surface area contributed by atoms with Crippen molar-refractivity contribution in [3.05, 3.63) is 166 Å². The zero-order valence-corrected chi connectivity index (χ0v) is 48.9. The van der Waals surface area contributed by atoms with Gasteiger partial charge in [0.15, 0.2) is 17.5 Å². The summed E-state index contributed by atoms with van der Waals surface area (Å²) >= 11 is 0. The second-order valence-electron chi connectivity index (χ2n) is 22.9. The number of hydrogen-bond donors (Lipinski definition) is 0. The molecule has 0 amide bonds. The van der Waals surface area contributed by atoms with Gasteiger partial charge in [0.05, 0.1) is 68.8 Å². The van der Waals surface area contributed by atoms with Gasteiger partial charge in [-0.15, -0.1) is 0 Å². The smallest absolute Gasteiger partial charge is 0.417 e. The van der Waals surface area contributed by atoms with E-state index < -0.39 is 74.6 Å². The van der Waals surface area contributed by atoms with Gasteiger partial charge in [-0.1, -0.05) is 48.5 Å². The highest BCUT2D eigenvalue weighted by Crippen LogP contribution is 2.69. The van der Waals surface area contributed by atoms with E-state index in [4.69, 9.17) is 43.4 Å². The van der Waals surface area contributed by atoms with Crippen LogP contribution in [-0.4, -0.2) is 103 Å². The second kappa shape index (κ2) is 23.2. The number of aromatic nitrogens is 5. The van der Waals surface area contributed by atoms with Gasteiger partial charge in [-0.3, -0.25) is 9.88 Å². The summed E-state index contributed by atoms with van der Waals surface area (Å²) in [6.07, 6.45) is -0.937. The number of nitrogens with zero attached hydrogens (tertiary/aromatic N) is 9. The molecule has 22 heteroatoms. The van der Waals surface area contributed by atoms with Crippen molar-refractivity contribution in [1.82, 2.24) is 29.8 Å². The lowest BCUT2D eigenvalue weighted by Gasteiger charge is -2.33. The molecule has 5 aromatic carbocycles. The number of fused-ring (bicyclic) bond motifs is 1. The van der Waals surface area contributed by atoms with Gasteiger partial charge in [0.25, 0.3) is 5.92 Å². The van der Waals surface area contributed by atoms with Gasteiger partial charge in [-0.2, -0.15) is 23.1 Å². The number of hydrogen-bond acceptors (Lipinski definition) is 15. The SMILES string of the molecule is COc1ccc(CN(Cc2ccc(OC)cc2)c2cc(C)c(C(F)(F)F)c(-c3nc4c5c(nc(OC[C@@]67CCCN6C[C@]6(CC6(F)F)C7)nc5c3F)N([C@H](C)c3nccnc3N(Cc3ccc(OC)cc3)Cc3ccc(OC)cc3)CCO4)c2F)cc1. The molecule has 1 spiro atoms. The molecule has 8 aromatic rings. The molecule has 1 saturated carbocycles. The monoisotopic (exact) mass is 1200 g/mol. The molecule has 3 atom stereocenters. The highest BCUT2D eigenvalue weighted by Gasteiger charge is 2.77. The van der Waals surface area contributed by atoms with Gasteiger partial charge in [0, 0.05) is 51.5 Å². The number of alkyl halides is 5. The van der Waals surface area contributed by atoms with Crippen molar-refractivity contribution in [2.24, 2.45) is 5.41 Å². The Morgan fingerprint density at radius 1 is 0.678 bits per heavy atom. The van der Waals surface area contributed by atoms with Crippen molar-refractivity contribution in [3.63, 3.8) is 0 Å². The van der Waals surface area contributed by atoms with E-state index in [1.165, 1.54) is 21.1 Å². The first-order chi connectivity index (χ1) is 41.8. The van der Waals surface area contributed by atoms with Crippen molar-refractivity contribution in [3.8, 4) is 46.1 Å². The molecule has 15 nitrogen and oxygen atoms in total. The van der Waals surface area contributed by atoms with Crippen LogP contribution in [-0.2, 0) is 32.4 Å². The maximum absolute atomic E-state index is 18.5. The molecule has 0 bridgehead atoms. The molecule has 3 aromatic heterocycles. The molecule has 3 fully saturated rings. The number of halogens is 7. The lowest BCUT2D eigenvalue weighted by Crippen LogP contribution is -2.43. The molecule has 0 radical (unpaired) electrons. The Kier molecular flexibility index (Phi) is 15.7. The summed E-state index contributed by atoms with van der Waals surface area (Å²) in [4.78, 5) is 31.4. The summed E-state index contributed by atoms with van der Waals surface area (Å²) in [5, 5.41) is -0.132. The minimum absolute atomic E-state index is 0.00358. The molecule has 87 heavy (non-hydrogen) atoms. The molecule has 2 saturated heterocycles. The first-order valence-corrected chi connectivity index (χ1v) is 28.6. The summed E-state index contributed by atoms with van der Waals surface area (Å²) in [7, 11) is 6.21. The van der Waals surface area contributed by atoms with Gasteiger partial charge in [0.2, 0.25) is 5.88 Å². The molecular formula is C65H64F7N9O6. The molecule has 4 aliphatic rings. The summed E-state index contributed by atoms with van der Waals surface area (Å²) in [5.74, 6) is -3.06. The van der Waals surface area contributed by atoms with Crippen LogP contribution in [0, 0.1) is 24.0 Å². The van der Waals surface area contributed by atoms with Crippen molar-refractivity contribution < 1.29 is 59.2 Å². The average molecular weight is 1200 g/mol. The zero-order valence-electron chi connectivity index (χ0n) is 48.9. The Hall–Kier alpha value is -8.66. The first kappa shape index (κ1) is 58.7. The summed E-state index contributed by atoms with van der Waals surface area (Å²) in [5.41, 5.74) is -3.28. The average Bonchev–Trinajstić information content (AvgIpc) is 1.57. The summed E-state index contributed by atoms with van der Waals surface area (Å²) in [6, 6.07) is 29.1. The molecular weight excluding hydrogens is 1140 g/mol. The number of benzene rings is 5. The van der Waals surface area contributed by atoms with E-state index >= 15 is 30.7 Å². The molecule has 454 valence electrons.